The number of rotatable bonds is 6. The molecule has 1 aliphatic heterocycles. The molecule has 0 saturated carbocycles. The first kappa shape index (κ1) is 23.3. The number of sulfonamides is 1. The first-order valence-corrected chi connectivity index (χ1v) is 12.0. The average molecular weight is 482 g/mol. The molecule has 0 unspecified atom stereocenters. The van der Waals surface area contributed by atoms with Crippen molar-refractivity contribution < 1.29 is 26.5 Å². The predicted octanol–water partition coefficient (Wildman–Crippen LogP) is 3.10. The van der Waals surface area contributed by atoms with E-state index in [1.54, 1.807) is 45.2 Å². The molecule has 1 fully saturated rings. The van der Waals surface area contributed by atoms with Crippen molar-refractivity contribution in [1.82, 2.24) is 23.9 Å². The zero-order valence-electron chi connectivity index (χ0n) is 18.5. The van der Waals surface area contributed by atoms with Gasteiger partial charge in [0, 0.05) is 26.1 Å². The van der Waals surface area contributed by atoms with Crippen molar-refractivity contribution in [2.45, 2.75) is 44.7 Å². The van der Waals surface area contributed by atoms with Gasteiger partial charge in [0.15, 0.2) is 5.76 Å². The Morgan fingerprint density at radius 3 is 2.52 bits per heavy atom. The maximum absolute atomic E-state index is 13.7. The van der Waals surface area contributed by atoms with Gasteiger partial charge in [0.2, 0.25) is 15.9 Å². The first-order chi connectivity index (χ1) is 15.6. The first-order valence-electron chi connectivity index (χ1n) is 10.5. The molecule has 9 nitrogen and oxygen atoms in total. The number of carbonyl (C=O) groups is 1. The van der Waals surface area contributed by atoms with E-state index < -0.39 is 22.5 Å². The third kappa shape index (κ3) is 4.24. The zero-order chi connectivity index (χ0) is 23.9. The molecule has 178 valence electrons. The number of carbonyl (C=O) groups excluding carboxylic acids is 1. The number of amides is 1. The van der Waals surface area contributed by atoms with Crippen LogP contribution in [0.2, 0.25) is 0 Å². The molecule has 0 spiro atoms. The molecule has 1 amide bonds. The van der Waals surface area contributed by atoms with E-state index in [1.807, 2.05) is 0 Å². The molecule has 0 bridgehead atoms. The molecule has 0 atom stereocenters. The van der Waals surface area contributed by atoms with Crippen LogP contribution in [0.15, 0.2) is 33.7 Å². The number of fused-ring (bicyclic) bond motifs is 1. The summed E-state index contributed by atoms with van der Waals surface area (Å²) in [6, 6.07) is 6.59. The summed E-state index contributed by atoms with van der Waals surface area (Å²) in [4.78, 5) is 18.7. The average Bonchev–Trinajstić information content (AvgIpc) is 3.32. The second-order valence-corrected chi connectivity index (χ2v) is 10.1. The van der Waals surface area contributed by atoms with Crippen LogP contribution in [0.4, 0.5) is 8.78 Å². The van der Waals surface area contributed by atoms with Crippen LogP contribution in [0, 0.1) is 19.8 Å². The highest BCUT2D eigenvalue weighted by Crippen LogP contribution is 2.29. The lowest BCUT2D eigenvalue weighted by Gasteiger charge is -2.32. The SMILES string of the molecule is Cc1noc(C)c1S(=O)(=O)N1CCC(C(=O)N(C)Cc2nc3ccccc3n2C(F)F)CC1. The van der Waals surface area contributed by atoms with Gasteiger partial charge in [-0.2, -0.15) is 13.1 Å². The van der Waals surface area contributed by atoms with Crippen molar-refractivity contribution in [2.24, 2.45) is 5.92 Å². The van der Waals surface area contributed by atoms with E-state index in [1.165, 1.54) is 9.21 Å². The molecule has 0 aliphatic carbocycles. The number of aryl methyl sites for hydroxylation is 2. The summed E-state index contributed by atoms with van der Waals surface area (Å²) in [5.41, 5.74) is 1.04. The lowest BCUT2D eigenvalue weighted by Crippen LogP contribution is -2.43. The molecule has 0 radical (unpaired) electrons. The van der Waals surface area contributed by atoms with Gasteiger partial charge < -0.3 is 9.42 Å². The summed E-state index contributed by atoms with van der Waals surface area (Å²) in [7, 11) is -2.23. The molecule has 12 heteroatoms. The Morgan fingerprint density at radius 2 is 1.91 bits per heavy atom. The standard InChI is InChI=1S/C21H25F2N5O4S/c1-13-19(14(2)32-25-13)33(30,31)27-10-8-15(9-11-27)20(29)26(3)12-18-24-16-6-4-5-7-17(16)28(18)21(22)23/h4-7,15,21H,8-12H2,1-3H3. The van der Waals surface area contributed by atoms with Gasteiger partial charge in [-0.1, -0.05) is 17.3 Å². The van der Waals surface area contributed by atoms with E-state index in [0.29, 0.717) is 29.6 Å². The number of hydrogen-bond donors (Lipinski definition) is 0. The lowest BCUT2D eigenvalue weighted by molar-refractivity contribution is -0.136. The number of alkyl halides is 2. The summed E-state index contributed by atoms with van der Waals surface area (Å²) in [5, 5.41) is 3.72. The van der Waals surface area contributed by atoms with Crippen LogP contribution >= 0.6 is 0 Å². The summed E-state index contributed by atoms with van der Waals surface area (Å²) in [6.07, 6.45) is 0.661. The van der Waals surface area contributed by atoms with Crippen LogP contribution in [-0.2, 0) is 21.4 Å². The molecule has 1 aliphatic rings. The van der Waals surface area contributed by atoms with Crippen LogP contribution in [0.1, 0.15) is 36.7 Å². The van der Waals surface area contributed by atoms with Gasteiger partial charge in [0.25, 0.3) is 0 Å². The van der Waals surface area contributed by atoms with Gasteiger partial charge in [-0.3, -0.25) is 9.36 Å². The predicted molar refractivity (Wildman–Crippen MR) is 115 cm³/mol. The van der Waals surface area contributed by atoms with Crippen molar-refractivity contribution in [1.29, 1.82) is 0 Å². The largest absolute Gasteiger partial charge is 0.360 e. The van der Waals surface area contributed by atoms with Gasteiger partial charge in [0.1, 0.15) is 16.4 Å². The summed E-state index contributed by atoms with van der Waals surface area (Å²) in [5.74, 6) is -0.305. The van der Waals surface area contributed by atoms with Crippen molar-refractivity contribution in [3.63, 3.8) is 0 Å². The highest BCUT2D eigenvalue weighted by atomic mass is 32.2. The van der Waals surface area contributed by atoms with E-state index in [9.17, 15) is 22.0 Å². The highest BCUT2D eigenvalue weighted by Gasteiger charge is 2.36. The van der Waals surface area contributed by atoms with Gasteiger partial charge >= 0.3 is 6.55 Å². The van der Waals surface area contributed by atoms with Crippen LogP contribution in [0.25, 0.3) is 11.0 Å². The molecule has 3 aromatic rings. The van der Waals surface area contributed by atoms with Crippen LogP contribution in [-0.4, -0.2) is 58.4 Å². The number of halogens is 2. The molecule has 33 heavy (non-hydrogen) atoms. The minimum Gasteiger partial charge on any atom is -0.360 e. The summed E-state index contributed by atoms with van der Waals surface area (Å²) in [6.45, 7) is 0.605. The topological polar surface area (TPSA) is 102 Å². The van der Waals surface area contributed by atoms with Crippen LogP contribution < -0.4 is 0 Å². The Balaban J connectivity index is 1.44. The number of aromatic nitrogens is 3. The second-order valence-electron chi connectivity index (χ2n) is 8.19. The fourth-order valence-electron chi connectivity index (χ4n) is 4.34. The number of para-hydroxylation sites is 2. The van der Waals surface area contributed by atoms with Crippen molar-refractivity contribution in [3.8, 4) is 0 Å². The minimum atomic E-state index is -3.77. The number of imidazole rings is 1. The fourth-order valence-corrected chi connectivity index (χ4v) is 6.10. The quantitative estimate of drug-likeness (QED) is 0.536. The van der Waals surface area contributed by atoms with Crippen molar-refractivity contribution >= 4 is 27.0 Å². The van der Waals surface area contributed by atoms with Gasteiger partial charge in [-0.25, -0.2) is 13.4 Å². The molecule has 4 rings (SSSR count). The van der Waals surface area contributed by atoms with E-state index in [0.717, 1.165) is 4.57 Å². The summed E-state index contributed by atoms with van der Waals surface area (Å²) < 4.78 is 60.4. The smallest absolute Gasteiger partial charge is 0.320 e. The lowest BCUT2D eigenvalue weighted by atomic mass is 9.96. The Hall–Kier alpha value is -2.86. The third-order valence-electron chi connectivity index (χ3n) is 5.99. The highest BCUT2D eigenvalue weighted by molar-refractivity contribution is 7.89. The summed E-state index contributed by atoms with van der Waals surface area (Å²) >= 11 is 0. The normalized spacial score (nSPS) is 16.1. The van der Waals surface area contributed by atoms with Gasteiger partial charge in [0.05, 0.1) is 17.6 Å². The third-order valence-corrected chi connectivity index (χ3v) is 8.13. The molecule has 0 N–H and O–H groups in total. The molecular formula is C21H25F2N5O4S. The van der Waals surface area contributed by atoms with E-state index in [2.05, 4.69) is 10.1 Å². The zero-order valence-corrected chi connectivity index (χ0v) is 19.3. The van der Waals surface area contributed by atoms with E-state index >= 15 is 0 Å². The minimum absolute atomic E-state index is 0.0651. The Labute approximate surface area is 190 Å². The van der Waals surface area contributed by atoms with Gasteiger partial charge in [-0.15, -0.1) is 0 Å². The Morgan fingerprint density at radius 1 is 1.24 bits per heavy atom. The number of benzene rings is 1. The van der Waals surface area contributed by atoms with E-state index in [-0.39, 0.29) is 42.0 Å². The molecule has 1 saturated heterocycles. The monoisotopic (exact) mass is 481 g/mol. The van der Waals surface area contributed by atoms with E-state index in [4.69, 9.17) is 4.52 Å². The van der Waals surface area contributed by atoms with Gasteiger partial charge in [-0.05, 0) is 38.8 Å². The number of hydrogen-bond acceptors (Lipinski definition) is 6. The second kappa shape index (κ2) is 8.82. The van der Waals surface area contributed by atoms with Crippen molar-refractivity contribution in [3.05, 3.63) is 41.5 Å². The Kier molecular flexibility index (Phi) is 6.23. The van der Waals surface area contributed by atoms with Crippen LogP contribution in [0.3, 0.4) is 0 Å². The molecular weight excluding hydrogens is 456 g/mol. The molecule has 2 aromatic heterocycles. The van der Waals surface area contributed by atoms with Crippen molar-refractivity contribution in [2.75, 3.05) is 20.1 Å². The Bertz CT molecular complexity index is 1260. The number of nitrogens with zero attached hydrogens (tertiary/aromatic N) is 5. The maximum atomic E-state index is 13.7. The molecule has 3 heterocycles. The molecule has 1 aromatic carbocycles. The maximum Gasteiger partial charge on any atom is 0.320 e. The van der Waals surface area contributed by atoms with Crippen LogP contribution in [0.5, 0.6) is 0 Å². The number of piperidine rings is 1. The fraction of sp³-hybridized carbons (Fsp3) is 0.476.